The van der Waals surface area contributed by atoms with Crippen molar-refractivity contribution in [2.24, 2.45) is 0 Å². The second-order valence-electron chi connectivity index (χ2n) is 3.16. The summed E-state index contributed by atoms with van der Waals surface area (Å²) in [6, 6.07) is 0. The Morgan fingerprint density at radius 1 is 1.60 bits per heavy atom. The van der Waals surface area contributed by atoms with E-state index in [9.17, 15) is 0 Å². The highest BCUT2D eigenvalue weighted by atomic mass is 35.5. The van der Waals surface area contributed by atoms with E-state index in [1.807, 2.05) is 0 Å². The third-order valence-corrected chi connectivity index (χ3v) is 2.18. The maximum absolute atomic E-state index is 5.27. The van der Waals surface area contributed by atoms with Crippen LogP contribution >= 0.6 is 12.4 Å². The molecule has 1 N–H and O–H groups in total. The smallest absolute Gasteiger partial charge is 0.259 e. The van der Waals surface area contributed by atoms with Gasteiger partial charge in [0.15, 0.2) is 6.61 Å². The average Bonchev–Trinajstić information content (AvgIpc) is 2.45. The molecule has 2 heterocycles. The zero-order chi connectivity index (χ0) is 9.80. The predicted octanol–water partition coefficient (Wildman–Crippen LogP) is 1.14. The van der Waals surface area contributed by atoms with Crippen molar-refractivity contribution in [2.75, 3.05) is 13.2 Å². The zero-order valence-electron chi connectivity index (χ0n) is 8.28. The largest absolute Gasteiger partial charge is 0.462 e. The zero-order valence-corrected chi connectivity index (χ0v) is 9.10. The van der Waals surface area contributed by atoms with Crippen LogP contribution < -0.4 is 10.1 Å². The van der Waals surface area contributed by atoms with Crippen molar-refractivity contribution in [2.45, 2.75) is 19.4 Å². The van der Waals surface area contributed by atoms with Gasteiger partial charge in [-0.3, -0.25) is 0 Å². The van der Waals surface area contributed by atoms with Gasteiger partial charge in [-0.25, -0.2) is 0 Å². The molecule has 1 aromatic heterocycles. The molecule has 0 atom stereocenters. The first-order chi connectivity index (χ1) is 6.92. The Labute approximate surface area is 94.8 Å². The molecule has 0 bridgehead atoms. The standard InChI is InChI=1S/C10H12N2O2.ClH/c1-2-6-13-10-8-7-11-5-3-4-9(8)14-12-10;/h1,11H,3-7H2;1H. The number of nitrogens with zero attached hydrogens (tertiary/aromatic N) is 1. The summed E-state index contributed by atoms with van der Waals surface area (Å²) in [4.78, 5) is 0. The number of ether oxygens (including phenoxy) is 1. The predicted molar refractivity (Wildman–Crippen MR) is 58.1 cm³/mol. The molecule has 5 heteroatoms. The molecule has 0 saturated carbocycles. The van der Waals surface area contributed by atoms with Crippen molar-refractivity contribution in [1.82, 2.24) is 10.5 Å². The van der Waals surface area contributed by atoms with E-state index in [1.54, 1.807) is 0 Å². The fraction of sp³-hybridized carbons (Fsp3) is 0.500. The van der Waals surface area contributed by atoms with E-state index in [4.69, 9.17) is 15.7 Å². The molecule has 0 spiro atoms. The van der Waals surface area contributed by atoms with E-state index in [2.05, 4.69) is 16.4 Å². The first-order valence-corrected chi connectivity index (χ1v) is 4.66. The Kier molecular flexibility index (Phi) is 4.47. The number of aromatic nitrogens is 1. The van der Waals surface area contributed by atoms with E-state index < -0.39 is 0 Å². The molecule has 0 unspecified atom stereocenters. The monoisotopic (exact) mass is 228 g/mol. The lowest BCUT2D eigenvalue weighted by Crippen LogP contribution is -2.12. The van der Waals surface area contributed by atoms with Gasteiger partial charge >= 0.3 is 0 Å². The maximum atomic E-state index is 5.27. The van der Waals surface area contributed by atoms with Crippen molar-refractivity contribution in [1.29, 1.82) is 0 Å². The van der Waals surface area contributed by atoms with E-state index in [0.717, 1.165) is 37.3 Å². The third kappa shape index (κ3) is 2.65. The van der Waals surface area contributed by atoms with Crippen LogP contribution in [0.1, 0.15) is 17.7 Å². The minimum absolute atomic E-state index is 0. The van der Waals surface area contributed by atoms with Gasteiger partial charge in [0.1, 0.15) is 5.76 Å². The van der Waals surface area contributed by atoms with Crippen LogP contribution in [0, 0.1) is 12.3 Å². The van der Waals surface area contributed by atoms with Crippen LogP contribution in [0.3, 0.4) is 0 Å². The summed E-state index contributed by atoms with van der Waals surface area (Å²) in [5.41, 5.74) is 1.01. The Bertz CT molecular complexity index is 357. The summed E-state index contributed by atoms with van der Waals surface area (Å²) < 4.78 is 10.4. The minimum atomic E-state index is 0. The van der Waals surface area contributed by atoms with Crippen molar-refractivity contribution < 1.29 is 9.26 Å². The molecule has 1 aromatic rings. The van der Waals surface area contributed by atoms with Gasteiger partial charge in [0.25, 0.3) is 5.88 Å². The van der Waals surface area contributed by atoms with Gasteiger partial charge in [-0.2, -0.15) is 0 Å². The number of fused-ring (bicyclic) bond motifs is 1. The van der Waals surface area contributed by atoms with Gasteiger partial charge in [0.2, 0.25) is 0 Å². The minimum Gasteiger partial charge on any atom is -0.462 e. The number of hydrogen-bond donors (Lipinski definition) is 1. The number of aryl methyl sites for hydroxylation is 1. The Morgan fingerprint density at radius 3 is 3.27 bits per heavy atom. The van der Waals surface area contributed by atoms with Crippen LogP contribution in [0.2, 0.25) is 0 Å². The normalized spacial score (nSPS) is 14.3. The fourth-order valence-corrected chi connectivity index (χ4v) is 1.51. The molecule has 0 saturated heterocycles. The number of halogens is 1. The van der Waals surface area contributed by atoms with Crippen LogP contribution in [0.4, 0.5) is 0 Å². The molecule has 0 fully saturated rings. The second-order valence-corrected chi connectivity index (χ2v) is 3.16. The van der Waals surface area contributed by atoms with Crippen molar-refractivity contribution >= 4 is 12.4 Å². The molecule has 1 aliphatic heterocycles. The first kappa shape index (κ1) is 11.9. The second kappa shape index (κ2) is 5.64. The van der Waals surface area contributed by atoms with Gasteiger partial charge < -0.3 is 14.6 Å². The number of nitrogens with one attached hydrogen (secondary N) is 1. The molecule has 1 aliphatic rings. The highest BCUT2D eigenvalue weighted by molar-refractivity contribution is 5.85. The Morgan fingerprint density at radius 2 is 2.47 bits per heavy atom. The quantitative estimate of drug-likeness (QED) is 0.772. The average molecular weight is 229 g/mol. The lowest BCUT2D eigenvalue weighted by atomic mass is 10.2. The van der Waals surface area contributed by atoms with Crippen LogP contribution in [-0.4, -0.2) is 18.3 Å². The molecule has 2 rings (SSSR count). The molecular weight excluding hydrogens is 216 g/mol. The molecule has 0 radical (unpaired) electrons. The highest BCUT2D eigenvalue weighted by Crippen LogP contribution is 2.23. The van der Waals surface area contributed by atoms with Crippen LogP contribution in [0.25, 0.3) is 0 Å². The molecule has 0 aliphatic carbocycles. The van der Waals surface area contributed by atoms with Crippen molar-refractivity contribution in [3.8, 4) is 18.2 Å². The number of hydrogen-bond acceptors (Lipinski definition) is 4. The summed E-state index contributed by atoms with van der Waals surface area (Å²) in [7, 11) is 0. The van der Waals surface area contributed by atoms with Crippen molar-refractivity contribution in [3.63, 3.8) is 0 Å². The van der Waals surface area contributed by atoms with Gasteiger partial charge in [-0.05, 0) is 18.1 Å². The topological polar surface area (TPSA) is 47.3 Å². The summed E-state index contributed by atoms with van der Waals surface area (Å²) in [6.07, 6.45) is 7.08. The van der Waals surface area contributed by atoms with Crippen LogP contribution in [0.15, 0.2) is 4.52 Å². The van der Waals surface area contributed by atoms with Crippen molar-refractivity contribution in [3.05, 3.63) is 11.3 Å². The molecule has 4 nitrogen and oxygen atoms in total. The first-order valence-electron chi connectivity index (χ1n) is 4.66. The SMILES string of the molecule is C#CCOc1noc2c1CNCCC2.Cl. The van der Waals surface area contributed by atoms with Gasteiger partial charge in [0.05, 0.1) is 5.56 Å². The van der Waals surface area contributed by atoms with Gasteiger partial charge in [0, 0.05) is 13.0 Å². The van der Waals surface area contributed by atoms with Crippen LogP contribution in [-0.2, 0) is 13.0 Å². The van der Waals surface area contributed by atoms with E-state index >= 15 is 0 Å². The third-order valence-electron chi connectivity index (χ3n) is 2.18. The summed E-state index contributed by atoms with van der Waals surface area (Å²) >= 11 is 0. The molecule has 15 heavy (non-hydrogen) atoms. The lowest BCUT2D eigenvalue weighted by molar-refractivity contribution is 0.304. The Balaban J connectivity index is 0.00000112. The summed E-state index contributed by atoms with van der Waals surface area (Å²) in [5.74, 6) is 3.86. The molecule has 0 amide bonds. The number of terminal acetylenes is 1. The van der Waals surface area contributed by atoms with Gasteiger partial charge in [-0.1, -0.05) is 5.92 Å². The Hall–Kier alpha value is -1.18. The van der Waals surface area contributed by atoms with E-state index in [-0.39, 0.29) is 19.0 Å². The fourth-order valence-electron chi connectivity index (χ4n) is 1.51. The summed E-state index contributed by atoms with van der Waals surface area (Å²) in [5, 5.41) is 7.12. The lowest BCUT2D eigenvalue weighted by Gasteiger charge is -2.00. The van der Waals surface area contributed by atoms with Crippen LogP contribution in [0.5, 0.6) is 5.88 Å². The van der Waals surface area contributed by atoms with E-state index in [1.165, 1.54) is 0 Å². The molecule has 82 valence electrons. The maximum Gasteiger partial charge on any atom is 0.259 e. The molecular formula is C10H13ClN2O2. The number of rotatable bonds is 2. The highest BCUT2D eigenvalue weighted by Gasteiger charge is 2.18. The van der Waals surface area contributed by atoms with Gasteiger partial charge in [-0.15, -0.1) is 18.8 Å². The van der Waals surface area contributed by atoms with E-state index in [0.29, 0.717) is 5.88 Å². The summed E-state index contributed by atoms with van der Waals surface area (Å²) in [6.45, 7) is 1.98. The molecule has 0 aromatic carbocycles.